The molecule has 286 valence electrons. The molecule has 2 N–H and O–H groups in total. The smallest absolute Gasteiger partial charge is 0.305 e. The van der Waals surface area contributed by atoms with E-state index in [1.807, 2.05) is 0 Å². The van der Waals surface area contributed by atoms with Gasteiger partial charge in [0.1, 0.15) is 0 Å². The van der Waals surface area contributed by atoms with Crippen LogP contribution in [-0.4, -0.2) is 53.2 Å². The second-order valence-corrected chi connectivity index (χ2v) is 16.1. The molecule has 1 amide bonds. The fourth-order valence-corrected chi connectivity index (χ4v) is 7.47. The van der Waals surface area contributed by atoms with Gasteiger partial charge in [0.2, 0.25) is 5.91 Å². The number of aliphatic carboxylic acids is 1. The van der Waals surface area contributed by atoms with Crippen LogP contribution in [-0.2, 0) is 19.7 Å². The highest BCUT2D eigenvalue weighted by molar-refractivity contribution is 7.87. The molecule has 0 aliphatic rings. The van der Waals surface area contributed by atoms with Crippen molar-refractivity contribution in [2.24, 2.45) is 0 Å². The van der Waals surface area contributed by atoms with E-state index in [0.717, 1.165) is 51.4 Å². The summed E-state index contributed by atoms with van der Waals surface area (Å²) in [7, 11) is -4.80. The quantitative estimate of drug-likeness (QED) is 0.0489. The first-order chi connectivity index (χ1) is 23.2. The second kappa shape index (κ2) is 34.3. The minimum absolute atomic E-state index is 0.404. The van der Waals surface area contributed by atoms with Crippen molar-refractivity contribution in [2.75, 3.05) is 13.1 Å². The van der Waals surface area contributed by atoms with Crippen molar-refractivity contribution in [3.05, 3.63) is 0 Å². The van der Waals surface area contributed by atoms with Gasteiger partial charge in [0.25, 0.3) is 10.1 Å². The monoisotopic (exact) mass is 702 g/mol. The zero-order valence-electron chi connectivity index (χ0n) is 31.7. The summed E-state index contributed by atoms with van der Waals surface area (Å²) in [6.45, 7) is 5.33. The van der Waals surface area contributed by atoms with Gasteiger partial charge in [0.05, 0.1) is 6.42 Å². The van der Waals surface area contributed by atoms with Crippen LogP contribution in [0.1, 0.15) is 226 Å². The Labute approximate surface area is 297 Å². The summed E-state index contributed by atoms with van der Waals surface area (Å²) in [5, 5.41) is 7.25. The molecule has 0 aromatic carbocycles. The number of unbranched alkanes of at least 4 members (excludes halogenated alkanes) is 30. The fraction of sp³-hybridized carbons (Fsp3) is 0.950. The number of nitrogens with zero attached hydrogens (tertiary/aromatic N) is 1. The van der Waals surface area contributed by atoms with E-state index < -0.39 is 33.7 Å². The topological polar surface area (TPSA) is 112 Å². The highest BCUT2D eigenvalue weighted by atomic mass is 32.2. The molecule has 0 radical (unpaired) electrons. The van der Waals surface area contributed by atoms with Gasteiger partial charge in [0.15, 0.2) is 5.25 Å². The molecule has 8 heteroatoms. The van der Waals surface area contributed by atoms with Crippen LogP contribution in [0.4, 0.5) is 0 Å². The Morgan fingerprint density at radius 2 is 0.688 bits per heavy atom. The van der Waals surface area contributed by atoms with Gasteiger partial charge >= 0.3 is 5.97 Å². The van der Waals surface area contributed by atoms with Crippen LogP contribution in [0.5, 0.6) is 0 Å². The SMILES string of the molecule is CCCCCCCCCCCCCCCCCCN(CCCCCCCCCCCCCCCCCC)C(=O)C(CC(=O)O)S(=O)(=O)O. The molecule has 0 fully saturated rings. The Morgan fingerprint density at radius 1 is 0.458 bits per heavy atom. The molecule has 0 rings (SSSR count). The third-order valence-corrected chi connectivity index (χ3v) is 11.0. The molecule has 0 bridgehead atoms. The van der Waals surface area contributed by atoms with E-state index >= 15 is 0 Å². The third kappa shape index (κ3) is 30.9. The lowest BCUT2D eigenvalue weighted by atomic mass is 10.0. The molecule has 48 heavy (non-hydrogen) atoms. The Kier molecular flexibility index (Phi) is 33.5. The standard InChI is InChI=1S/C40H79NO6S/c1-3-5-7-9-11-13-15-17-19-21-23-25-27-29-31-33-35-41(40(44)38(37-39(42)43)48(45,46)47)36-34-32-30-28-26-24-22-20-18-16-14-12-10-8-6-4-2/h38H,3-37H2,1-2H3,(H,42,43)(H,45,46,47). The molecule has 0 saturated carbocycles. The highest BCUT2D eigenvalue weighted by Gasteiger charge is 2.36. The molecule has 0 spiro atoms. The molecule has 0 saturated heterocycles. The number of carboxylic acid groups (broad SMARTS) is 1. The normalized spacial score (nSPS) is 12.4. The lowest BCUT2D eigenvalue weighted by Gasteiger charge is -2.26. The maximum absolute atomic E-state index is 13.1. The van der Waals surface area contributed by atoms with E-state index in [0.29, 0.717) is 13.1 Å². The van der Waals surface area contributed by atoms with E-state index in [9.17, 15) is 27.7 Å². The highest BCUT2D eigenvalue weighted by Crippen LogP contribution is 2.17. The molecular weight excluding hydrogens is 623 g/mol. The van der Waals surface area contributed by atoms with Crippen LogP contribution >= 0.6 is 0 Å². The molecule has 0 aliphatic heterocycles. The summed E-state index contributed by atoms with van der Waals surface area (Å²) in [6.07, 6.45) is 39.1. The van der Waals surface area contributed by atoms with Gasteiger partial charge in [-0.1, -0.05) is 206 Å². The second-order valence-electron chi connectivity index (χ2n) is 14.5. The number of carboxylic acids is 1. The van der Waals surface area contributed by atoms with E-state index in [4.69, 9.17) is 0 Å². The first-order valence-electron chi connectivity index (χ1n) is 20.7. The maximum Gasteiger partial charge on any atom is 0.305 e. The Balaban J connectivity index is 4.21. The van der Waals surface area contributed by atoms with Crippen LogP contribution in [0.25, 0.3) is 0 Å². The van der Waals surface area contributed by atoms with Crippen molar-refractivity contribution in [3.63, 3.8) is 0 Å². The third-order valence-electron chi connectivity index (χ3n) is 9.87. The van der Waals surface area contributed by atoms with Crippen molar-refractivity contribution in [1.82, 2.24) is 4.90 Å². The number of carbonyl (C=O) groups is 2. The van der Waals surface area contributed by atoms with Crippen LogP contribution in [0.15, 0.2) is 0 Å². The van der Waals surface area contributed by atoms with E-state index in [1.165, 1.54) is 159 Å². The number of amides is 1. The van der Waals surface area contributed by atoms with E-state index in [2.05, 4.69) is 13.8 Å². The van der Waals surface area contributed by atoms with Gasteiger partial charge in [0, 0.05) is 13.1 Å². The van der Waals surface area contributed by atoms with Gasteiger partial charge in [-0.3, -0.25) is 14.1 Å². The summed E-state index contributed by atoms with van der Waals surface area (Å²) >= 11 is 0. The Bertz CT molecular complexity index is 798. The summed E-state index contributed by atoms with van der Waals surface area (Å²) in [5.74, 6) is -2.18. The van der Waals surface area contributed by atoms with Gasteiger partial charge in [-0.2, -0.15) is 8.42 Å². The van der Waals surface area contributed by atoms with E-state index in [-0.39, 0.29) is 0 Å². The average molecular weight is 702 g/mol. The minimum Gasteiger partial charge on any atom is -0.481 e. The fourth-order valence-electron chi connectivity index (χ4n) is 6.72. The van der Waals surface area contributed by atoms with Crippen molar-refractivity contribution >= 4 is 22.0 Å². The summed E-state index contributed by atoms with van der Waals surface area (Å²) in [6, 6.07) is 0. The summed E-state index contributed by atoms with van der Waals surface area (Å²) < 4.78 is 33.4. The maximum atomic E-state index is 13.1. The number of carbonyl (C=O) groups excluding carboxylic acids is 1. The van der Waals surface area contributed by atoms with Crippen molar-refractivity contribution in [1.29, 1.82) is 0 Å². The predicted molar refractivity (Wildman–Crippen MR) is 203 cm³/mol. The van der Waals surface area contributed by atoms with Crippen LogP contribution in [0, 0.1) is 0 Å². The minimum atomic E-state index is -4.80. The molecule has 0 aromatic rings. The Hall–Kier alpha value is -1.15. The summed E-state index contributed by atoms with van der Waals surface area (Å²) in [4.78, 5) is 25.9. The lowest BCUT2D eigenvalue weighted by Crippen LogP contribution is -2.44. The molecule has 0 heterocycles. The number of hydrogen-bond acceptors (Lipinski definition) is 4. The van der Waals surface area contributed by atoms with Gasteiger partial charge in [-0.05, 0) is 12.8 Å². The first-order valence-corrected chi connectivity index (χ1v) is 22.2. The van der Waals surface area contributed by atoms with Gasteiger partial charge in [-0.15, -0.1) is 0 Å². The number of rotatable bonds is 38. The predicted octanol–water partition coefficient (Wildman–Crippen LogP) is 12.1. The lowest BCUT2D eigenvalue weighted by molar-refractivity contribution is -0.140. The van der Waals surface area contributed by atoms with Gasteiger partial charge < -0.3 is 10.0 Å². The van der Waals surface area contributed by atoms with Crippen molar-refractivity contribution in [3.8, 4) is 0 Å². The molecule has 0 aliphatic carbocycles. The average Bonchev–Trinajstić information content (AvgIpc) is 3.05. The number of hydrogen-bond donors (Lipinski definition) is 2. The first kappa shape index (κ1) is 46.9. The van der Waals surface area contributed by atoms with Crippen LogP contribution in [0.2, 0.25) is 0 Å². The molecule has 0 aromatic heterocycles. The summed E-state index contributed by atoms with van der Waals surface area (Å²) in [5.41, 5.74) is 0. The van der Waals surface area contributed by atoms with Crippen LogP contribution < -0.4 is 0 Å². The molecule has 7 nitrogen and oxygen atoms in total. The van der Waals surface area contributed by atoms with E-state index in [1.54, 1.807) is 0 Å². The van der Waals surface area contributed by atoms with Crippen molar-refractivity contribution < 1.29 is 27.7 Å². The zero-order valence-corrected chi connectivity index (χ0v) is 32.5. The Morgan fingerprint density at radius 3 is 0.896 bits per heavy atom. The largest absolute Gasteiger partial charge is 0.481 e. The molecule has 1 unspecified atom stereocenters. The van der Waals surface area contributed by atoms with Crippen molar-refractivity contribution in [2.45, 2.75) is 231 Å². The van der Waals surface area contributed by atoms with Crippen LogP contribution in [0.3, 0.4) is 0 Å². The zero-order chi connectivity index (χ0) is 35.6. The molecule has 1 atom stereocenters. The molecular formula is C40H79NO6S. The van der Waals surface area contributed by atoms with Gasteiger partial charge in [-0.25, -0.2) is 0 Å².